The first-order valence-corrected chi connectivity index (χ1v) is 4.52. The lowest BCUT2D eigenvalue weighted by molar-refractivity contribution is -0.119. The molecule has 1 rings (SSSR count). The summed E-state index contributed by atoms with van der Waals surface area (Å²) in [5.41, 5.74) is -1.07. The number of ketones is 1. The van der Waals surface area contributed by atoms with Gasteiger partial charge in [0.15, 0.2) is 5.78 Å². The molecule has 1 N–H and O–H groups in total. The number of allylic oxidation sites excluding steroid dienone is 1. The van der Waals surface area contributed by atoms with E-state index in [4.69, 9.17) is 0 Å². The molecule has 0 aromatic heterocycles. The van der Waals surface area contributed by atoms with Gasteiger partial charge in [-0.25, -0.2) is 0 Å². The summed E-state index contributed by atoms with van der Waals surface area (Å²) in [7, 11) is 0. The third-order valence-corrected chi connectivity index (χ3v) is 2.08. The molecule has 2 nitrogen and oxygen atoms in total. The van der Waals surface area contributed by atoms with Crippen molar-refractivity contribution in [3.63, 3.8) is 0 Å². The fraction of sp³-hybridized carbons (Fsp3) is 0.545. The van der Waals surface area contributed by atoms with Crippen LogP contribution < -0.4 is 0 Å². The Morgan fingerprint density at radius 3 is 2.85 bits per heavy atom. The molecule has 2 heteroatoms. The van der Waals surface area contributed by atoms with Crippen LogP contribution in [-0.2, 0) is 4.79 Å². The zero-order valence-electron chi connectivity index (χ0n) is 8.00. The van der Waals surface area contributed by atoms with Crippen molar-refractivity contribution in [2.45, 2.75) is 32.3 Å². The molecule has 0 saturated carbocycles. The van der Waals surface area contributed by atoms with Crippen LogP contribution in [0.4, 0.5) is 0 Å². The van der Waals surface area contributed by atoms with E-state index in [1.165, 1.54) is 12.2 Å². The van der Waals surface area contributed by atoms with Gasteiger partial charge in [-0.2, -0.15) is 0 Å². The van der Waals surface area contributed by atoms with Gasteiger partial charge in [0.1, 0.15) is 11.5 Å². The fourth-order valence-corrected chi connectivity index (χ4v) is 1.25. The van der Waals surface area contributed by atoms with Crippen LogP contribution in [0.5, 0.6) is 0 Å². The van der Waals surface area contributed by atoms with Gasteiger partial charge in [0, 0.05) is 6.42 Å². The van der Waals surface area contributed by atoms with E-state index in [9.17, 15) is 9.90 Å². The Morgan fingerprint density at radius 1 is 1.69 bits per heavy atom. The lowest BCUT2D eigenvalue weighted by Gasteiger charge is -2.18. The molecule has 0 bridgehead atoms. The lowest BCUT2D eigenvalue weighted by atomic mass is 9.92. The first-order chi connectivity index (χ1) is 6.08. The normalized spacial score (nSPS) is 31.6. The van der Waals surface area contributed by atoms with Crippen LogP contribution in [0, 0.1) is 17.8 Å². The van der Waals surface area contributed by atoms with Gasteiger partial charge in [-0.3, -0.25) is 4.79 Å². The predicted molar refractivity (Wildman–Crippen MR) is 50.9 cm³/mol. The van der Waals surface area contributed by atoms with Gasteiger partial charge in [-0.1, -0.05) is 12.8 Å². The van der Waals surface area contributed by atoms with Crippen molar-refractivity contribution in [1.82, 2.24) is 0 Å². The van der Waals surface area contributed by atoms with Crippen LogP contribution in [0.15, 0.2) is 12.2 Å². The Kier molecular flexibility index (Phi) is 2.90. The summed E-state index contributed by atoms with van der Waals surface area (Å²) in [6, 6.07) is 0. The third-order valence-electron chi connectivity index (χ3n) is 2.08. The van der Waals surface area contributed by atoms with Crippen molar-refractivity contribution < 1.29 is 9.90 Å². The molecule has 0 aromatic rings. The number of unbranched alkanes of at least 4 members (excludes halogenated alkanes) is 1. The van der Waals surface area contributed by atoms with Crippen LogP contribution >= 0.6 is 0 Å². The van der Waals surface area contributed by atoms with Crippen molar-refractivity contribution in [2.24, 2.45) is 5.92 Å². The second kappa shape index (κ2) is 3.76. The van der Waals surface area contributed by atoms with Crippen molar-refractivity contribution in [3.05, 3.63) is 12.2 Å². The van der Waals surface area contributed by atoms with E-state index in [-0.39, 0.29) is 5.78 Å². The van der Waals surface area contributed by atoms with E-state index in [1.807, 2.05) is 6.92 Å². The summed E-state index contributed by atoms with van der Waals surface area (Å²) < 4.78 is 0. The average Bonchev–Trinajstić information content (AvgIpc) is 2.31. The van der Waals surface area contributed by atoms with Crippen LogP contribution in [0.25, 0.3) is 0 Å². The zero-order chi connectivity index (χ0) is 9.90. The highest BCUT2D eigenvalue weighted by atomic mass is 16.3. The topological polar surface area (TPSA) is 37.3 Å². The number of carbonyl (C=O) groups is 1. The molecule has 0 heterocycles. The highest BCUT2D eigenvalue weighted by Gasteiger charge is 2.37. The number of hydrogen-bond acceptors (Lipinski definition) is 2. The highest BCUT2D eigenvalue weighted by Crippen LogP contribution is 2.25. The van der Waals surface area contributed by atoms with Crippen molar-refractivity contribution in [3.8, 4) is 11.8 Å². The number of rotatable bonds is 1. The SMILES string of the molecule is CCCC#CC1C(=O)C=CC1(C)O. The van der Waals surface area contributed by atoms with Gasteiger partial charge in [-0.05, 0) is 25.5 Å². The van der Waals surface area contributed by atoms with Gasteiger partial charge < -0.3 is 5.11 Å². The van der Waals surface area contributed by atoms with E-state index < -0.39 is 11.5 Å². The van der Waals surface area contributed by atoms with E-state index in [0.29, 0.717) is 0 Å². The molecule has 0 spiro atoms. The summed E-state index contributed by atoms with van der Waals surface area (Å²) in [5.74, 6) is 5.06. The highest BCUT2D eigenvalue weighted by molar-refractivity contribution is 5.97. The number of aliphatic hydroxyl groups is 1. The maximum Gasteiger partial charge on any atom is 0.173 e. The van der Waals surface area contributed by atoms with Crippen LogP contribution in [-0.4, -0.2) is 16.5 Å². The Hall–Kier alpha value is -1.07. The van der Waals surface area contributed by atoms with E-state index in [1.54, 1.807) is 6.92 Å². The second-order valence-corrected chi connectivity index (χ2v) is 3.47. The Labute approximate surface area is 78.6 Å². The summed E-state index contributed by atoms with van der Waals surface area (Å²) >= 11 is 0. The van der Waals surface area contributed by atoms with Crippen LogP contribution in [0.3, 0.4) is 0 Å². The van der Waals surface area contributed by atoms with E-state index in [0.717, 1.165) is 12.8 Å². The molecule has 0 fully saturated rings. The summed E-state index contributed by atoms with van der Waals surface area (Å²) in [6.07, 6.45) is 4.68. The molecule has 70 valence electrons. The lowest BCUT2D eigenvalue weighted by Crippen LogP contribution is -2.31. The molecule has 0 radical (unpaired) electrons. The molecule has 2 unspecified atom stereocenters. The largest absolute Gasteiger partial charge is 0.384 e. The predicted octanol–water partition coefficient (Wildman–Crippen LogP) is 1.30. The van der Waals surface area contributed by atoms with Gasteiger partial charge in [-0.15, -0.1) is 5.92 Å². The van der Waals surface area contributed by atoms with Crippen LogP contribution in [0.2, 0.25) is 0 Å². The second-order valence-electron chi connectivity index (χ2n) is 3.47. The minimum Gasteiger partial charge on any atom is -0.384 e. The first-order valence-electron chi connectivity index (χ1n) is 4.52. The third kappa shape index (κ3) is 2.19. The van der Waals surface area contributed by atoms with Crippen molar-refractivity contribution in [1.29, 1.82) is 0 Å². The molecule has 0 saturated heterocycles. The molecule has 13 heavy (non-hydrogen) atoms. The Morgan fingerprint density at radius 2 is 2.38 bits per heavy atom. The Bertz CT molecular complexity index is 289. The smallest absolute Gasteiger partial charge is 0.173 e. The molecule has 1 aliphatic carbocycles. The van der Waals surface area contributed by atoms with E-state index >= 15 is 0 Å². The average molecular weight is 178 g/mol. The standard InChI is InChI=1S/C11H14O2/c1-3-4-5-6-9-10(12)7-8-11(9,2)13/h7-9,13H,3-4H2,1-2H3. The molecule has 0 aliphatic heterocycles. The fourth-order valence-electron chi connectivity index (χ4n) is 1.25. The first kappa shape index (κ1) is 10.0. The number of hydrogen-bond donors (Lipinski definition) is 1. The summed E-state index contributed by atoms with van der Waals surface area (Å²) in [6.45, 7) is 3.64. The molecule has 0 aromatic carbocycles. The van der Waals surface area contributed by atoms with E-state index in [2.05, 4.69) is 11.8 Å². The maximum absolute atomic E-state index is 11.2. The van der Waals surface area contributed by atoms with Crippen molar-refractivity contribution in [2.75, 3.05) is 0 Å². The van der Waals surface area contributed by atoms with Gasteiger partial charge >= 0.3 is 0 Å². The maximum atomic E-state index is 11.2. The number of carbonyl (C=O) groups excluding carboxylic acids is 1. The minimum absolute atomic E-state index is 0.0893. The van der Waals surface area contributed by atoms with Gasteiger partial charge in [0.05, 0.1) is 0 Å². The van der Waals surface area contributed by atoms with Gasteiger partial charge in [0.25, 0.3) is 0 Å². The molecular weight excluding hydrogens is 164 g/mol. The quantitative estimate of drug-likeness (QED) is 0.614. The van der Waals surface area contributed by atoms with Crippen molar-refractivity contribution >= 4 is 5.78 Å². The Balaban J connectivity index is 2.71. The molecular formula is C11H14O2. The molecule has 1 aliphatic rings. The zero-order valence-corrected chi connectivity index (χ0v) is 8.00. The molecule has 0 amide bonds. The summed E-state index contributed by atoms with van der Waals surface area (Å²) in [4.78, 5) is 11.2. The summed E-state index contributed by atoms with van der Waals surface area (Å²) in [5, 5.41) is 9.71. The minimum atomic E-state index is -1.07. The van der Waals surface area contributed by atoms with Crippen LogP contribution in [0.1, 0.15) is 26.7 Å². The molecule has 2 atom stereocenters. The monoisotopic (exact) mass is 178 g/mol. The van der Waals surface area contributed by atoms with Gasteiger partial charge in [0.2, 0.25) is 0 Å².